The van der Waals surface area contributed by atoms with Gasteiger partial charge in [-0.05, 0) is 19.1 Å². The van der Waals surface area contributed by atoms with Crippen molar-refractivity contribution in [3.63, 3.8) is 0 Å². The normalized spacial score (nSPS) is 13.3. The van der Waals surface area contributed by atoms with Crippen LogP contribution in [0.5, 0.6) is 0 Å². The molecule has 0 radical (unpaired) electrons. The summed E-state index contributed by atoms with van der Waals surface area (Å²) in [5, 5.41) is 21.2. The molecule has 148 valence electrons. The third-order valence-electron chi connectivity index (χ3n) is 3.87. The number of aliphatic hydroxyl groups is 2. The second kappa shape index (κ2) is 8.96. The number of anilines is 2. The Labute approximate surface area is 166 Å². The molecule has 0 saturated heterocycles. The Morgan fingerprint density at radius 3 is 2.86 bits per heavy atom. The van der Waals surface area contributed by atoms with E-state index in [4.69, 9.17) is 21.4 Å². The Hall–Kier alpha value is -2.75. The Bertz CT molecular complexity index is 962. The van der Waals surface area contributed by atoms with E-state index in [1.807, 2.05) is 11.5 Å². The number of fused-ring (bicyclic) bond motifs is 1. The van der Waals surface area contributed by atoms with Gasteiger partial charge in [-0.2, -0.15) is 0 Å². The molecule has 2 aromatic heterocycles. The number of hydrogen-bond donors (Lipinski definition) is 3. The maximum atomic E-state index is 12.3. The third kappa shape index (κ3) is 4.56. The van der Waals surface area contributed by atoms with E-state index in [9.17, 15) is 9.90 Å². The lowest BCUT2D eigenvalue weighted by atomic mass is 10.2. The molecule has 28 heavy (non-hydrogen) atoms. The molecule has 2 unspecified atom stereocenters. The lowest BCUT2D eigenvalue weighted by Gasteiger charge is -2.13. The van der Waals surface area contributed by atoms with E-state index in [1.165, 1.54) is 6.33 Å². The molecule has 0 aliphatic rings. The van der Waals surface area contributed by atoms with Crippen molar-refractivity contribution in [2.75, 3.05) is 18.5 Å². The van der Waals surface area contributed by atoms with Gasteiger partial charge in [0.05, 0.1) is 24.2 Å². The summed E-state index contributed by atoms with van der Waals surface area (Å²) >= 11 is 6.06. The fraction of sp³-hybridized carbons (Fsp3) is 0.333. The summed E-state index contributed by atoms with van der Waals surface area (Å²) in [5.74, 6) is -0.205. The highest BCUT2D eigenvalue weighted by Gasteiger charge is 2.17. The van der Waals surface area contributed by atoms with E-state index >= 15 is 0 Å². The zero-order chi connectivity index (χ0) is 20.1. The summed E-state index contributed by atoms with van der Waals surface area (Å²) in [6.07, 6.45) is 1.92. The number of para-hydroxylation sites is 1. The number of aromatic nitrogens is 4. The molecule has 0 fully saturated rings. The van der Waals surface area contributed by atoms with Crippen molar-refractivity contribution in [1.82, 2.24) is 19.5 Å². The van der Waals surface area contributed by atoms with Crippen LogP contribution >= 0.6 is 11.6 Å². The molecule has 0 spiro atoms. The van der Waals surface area contributed by atoms with Crippen LogP contribution in [0.2, 0.25) is 0 Å². The lowest BCUT2D eigenvalue weighted by Crippen LogP contribution is -2.22. The minimum atomic E-state index is -1.13. The molecule has 3 N–H and O–H groups in total. The highest BCUT2D eigenvalue weighted by Crippen LogP contribution is 2.25. The minimum Gasteiger partial charge on any atom is -0.459 e. The van der Waals surface area contributed by atoms with Crippen molar-refractivity contribution in [3.05, 3.63) is 42.5 Å². The number of halogens is 1. The van der Waals surface area contributed by atoms with Crippen molar-refractivity contribution in [3.8, 4) is 0 Å². The Morgan fingerprint density at radius 1 is 1.32 bits per heavy atom. The second-order valence-corrected chi connectivity index (χ2v) is 6.92. The van der Waals surface area contributed by atoms with Crippen molar-refractivity contribution >= 4 is 40.2 Å². The van der Waals surface area contributed by atoms with Crippen molar-refractivity contribution < 1.29 is 19.7 Å². The lowest BCUT2D eigenvalue weighted by molar-refractivity contribution is 0.00941. The van der Waals surface area contributed by atoms with E-state index in [1.54, 1.807) is 30.6 Å². The summed E-state index contributed by atoms with van der Waals surface area (Å²) in [6.45, 7) is 1.63. The Kier molecular flexibility index (Phi) is 6.40. The first kappa shape index (κ1) is 20.0. The molecule has 2 atom stereocenters. The number of rotatable bonds is 8. The SMILES string of the molecule is CC(Cl)Cn1cnc2c(Nc3ccccc3C(=O)OCC(O)CO)ncnc21. The Balaban J connectivity index is 1.86. The van der Waals surface area contributed by atoms with Crippen LogP contribution in [0.3, 0.4) is 0 Å². The van der Waals surface area contributed by atoms with Gasteiger partial charge in [0.1, 0.15) is 19.0 Å². The van der Waals surface area contributed by atoms with Gasteiger partial charge in [0, 0.05) is 11.9 Å². The largest absolute Gasteiger partial charge is 0.459 e. The van der Waals surface area contributed by atoms with Crippen LogP contribution in [0.4, 0.5) is 11.5 Å². The van der Waals surface area contributed by atoms with Gasteiger partial charge in [0.15, 0.2) is 17.0 Å². The third-order valence-corrected chi connectivity index (χ3v) is 4.01. The predicted molar refractivity (Wildman–Crippen MR) is 104 cm³/mol. The summed E-state index contributed by atoms with van der Waals surface area (Å²) < 4.78 is 6.87. The summed E-state index contributed by atoms with van der Waals surface area (Å²) in [4.78, 5) is 25.2. The molecule has 2 heterocycles. The first-order valence-electron chi connectivity index (χ1n) is 8.61. The molecule has 9 nitrogen and oxygen atoms in total. The van der Waals surface area contributed by atoms with Crippen LogP contribution in [0.25, 0.3) is 11.2 Å². The summed E-state index contributed by atoms with van der Waals surface area (Å²) in [6, 6.07) is 6.73. The van der Waals surface area contributed by atoms with E-state index in [2.05, 4.69) is 20.3 Å². The first-order chi connectivity index (χ1) is 13.5. The smallest absolute Gasteiger partial charge is 0.340 e. The van der Waals surface area contributed by atoms with Crippen molar-refractivity contribution in [1.29, 1.82) is 0 Å². The number of hydrogen-bond acceptors (Lipinski definition) is 8. The number of aliphatic hydroxyl groups excluding tert-OH is 2. The molecular formula is C18H20ClN5O4. The van der Waals surface area contributed by atoms with Crippen LogP contribution < -0.4 is 5.32 Å². The van der Waals surface area contributed by atoms with Crippen LogP contribution in [0, 0.1) is 0 Å². The number of carbonyl (C=O) groups excluding carboxylic acids is 1. The number of nitrogens with zero attached hydrogens (tertiary/aromatic N) is 4. The number of esters is 1. The van der Waals surface area contributed by atoms with Gasteiger partial charge in [-0.3, -0.25) is 0 Å². The molecule has 0 amide bonds. The molecule has 0 saturated carbocycles. The number of imidazole rings is 1. The van der Waals surface area contributed by atoms with Crippen LogP contribution in [-0.2, 0) is 11.3 Å². The molecule has 10 heteroatoms. The topological polar surface area (TPSA) is 122 Å². The molecule has 3 aromatic rings. The molecule has 0 bridgehead atoms. The van der Waals surface area contributed by atoms with Gasteiger partial charge in [-0.25, -0.2) is 19.7 Å². The highest BCUT2D eigenvalue weighted by molar-refractivity contribution is 6.20. The van der Waals surface area contributed by atoms with Gasteiger partial charge >= 0.3 is 5.97 Å². The number of carbonyl (C=O) groups is 1. The fourth-order valence-corrected chi connectivity index (χ4v) is 2.73. The van der Waals surface area contributed by atoms with Gasteiger partial charge < -0.3 is 24.8 Å². The Morgan fingerprint density at radius 2 is 2.11 bits per heavy atom. The molecule has 3 rings (SSSR count). The number of nitrogens with one attached hydrogen (secondary N) is 1. The van der Waals surface area contributed by atoms with E-state index < -0.39 is 18.7 Å². The number of alkyl halides is 1. The minimum absolute atomic E-state index is 0.0893. The zero-order valence-corrected chi connectivity index (χ0v) is 15.9. The zero-order valence-electron chi connectivity index (χ0n) is 15.1. The van der Waals surface area contributed by atoms with Gasteiger partial charge in [0.2, 0.25) is 0 Å². The van der Waals surface area contributed by atoms with Crippen molar-refractivity contribution in [2.45, 2.75) is 24.9 Å². The first-order valence-corrected chi connectivity index (χ1v) is 9.05. The van der Waals surface area contributed by atoms with Crippen LogP contribution in [0.15, 0.2) is 36.9 Å². The maximum Gasteiger partial charge on any atom is 0.340 e. The summed E-state index contributed by atoms with van der Waals surface area (Å²) in [7, 11) is 0. The monoisotopic (exact) mass is 405 g/mol. The quantitative estimate of drug-likeness (QED) is 0.382. The van der Waals surface area contributed by atoms with E-state index in [-0.39, 0.29) is 17.5 Å². The van der Waals surface area contributed by atoms with E-state index in [0.717, 1.165) is 0 Å². The fourth-order valence-electron chi connectivity index (χ4n) is 2.58. The molecule has 0 aliphatic carbocycles. The molecule has 1 aromatic carbocycles. The van der Waals surface area contributed by atoms with Gasteiger partial charge in [-0.15, -0.1) is 11.6 Å². The molecular weight excluding hydrogens is 386 g/mol. The van der Waals surface area contributed by atoms with Crippen molar-refractivity contribution in [2.24, 2.45) is 0 Å². The average Bonchev–Trinajstić information content (AvgIpc) is 3.09. The maximum absolute atomic E-state index is 12.3. The van der Waals surface area contributed by atoms with Gasteiger partial charge in [0.25, 0.3) is 0 Å². The second-order valence-electron chi connectivity index (χ2n) is 6.18. The number of ether oxygens (including phenoxy) is 1. The van der Waals surface area contributed by atoms with Crippen LogP contribution in [0.1, 0.15) is 17.3 Å². The molecule has 0 aliphatic heterocycles. The summed E-state index contributed by atoms with van der Waals surface area (Å²) in [5.41, 5.74) is 1.88. The number of benzene rings is 1. The highest BCUT2D eigenvalue weighted by atomic mass is 35.5. The standard InChI is InChI=1S/C18H20ClN5O4/c1-11(19)6-24-10-22-15-16(20-9-21-17(15)24)23-14-5-3-2-4-13(14)18(27)28-8-12(26)7-25/h2-5,9-12,25-26H,6-8H2,1H3,(H,20,21,23). The predicted octanol–water partition coefficient (Wildman–Crippen LogP) is 1.71. The van der Waals surface area contributed by atoms with Crippen LogP contribution in [-0.4, -0.2) is 60.4 Å². The van der Waals surface area contributed by atoms with E-state index in [0.29, 0.717) is 29.2 Å². The van der Waals surface area contributed by atoms with Gasteiger partial charge in [-0.1, -0.05) is 12.1 Å². The average molecular weight is 406 g/mol.